The van der Waals surface area contributed by atoms with Gasteiger partial charge in [0.2, 0.25) is 0 Å². The molecule has 0 unspecified atom stereocenters. The van der Waals surface area contributed by atoms with E-state index in [9.17, 15) is 0 Å². The first-order valence-electron chi connectivity index (χ1n) is 31.4. The molecule has 94 heavy (non-hydrogen) atoms. The van der Waals surface area contributed by atoms with E-state index in [-0.39, 0.29) is 0 Å². The summed E-state index contributed by atoms with van der Waals surface area (Å²) in [5.74, 6) is 3.37. The third-order valence-electron chi connectivity index (χ3n) is 18.2. The van der Waals surface area contributed by atoms with Crippen LogP contribution in [0.4, 0.5) is 0 Å². The molecular weight excluding hydrogens is 1150 g/mol. The Morgan fingerprint density at radius 2 is 0.596 bits per heavy atom. The van der Waals surface area contributed by atoms with Crippen LogP contribution in [0.25, 0.3) is 189 Å². The number of furan rings is 2. The average molecular weight is 1200 g/mol. The Kier molecular flexibility index (Phi) is 12.0. The van der Waals surface area contributed by atoms with E-state index in [0.717, 1.165) is 154 Å². The van der Waals surface area contributed by atoms with E-state index >= 15 is 0 Å². The summed E-state index contributed by atoms with van der Waals surface area (Å²) in [6.45, 7) is 0. The molecule has 19 aromatic rings. The van der Waals surface area contributed by atoms with Crippen LogP contribution in [0.3, 0.4) is 0 Å². The van der Waals surface area contributed by atoms with Crippen LogP contribution in [0.1, 0.15) is 0 Å². The fraction of sp³-hybridized carbons (Fsp3) is 0. The molecule has 438 valence electrons. The number of nitrogens with zero attached hydrogens (tertiary/aromatic N) is 8. The smallest absolute Gasteiger partial charge is 0.166 e. The molecule has 0 saturated carbocycles. The standard InChI is InChI=1S/C84H50N8O2/c1-5-22-51(23-6-1)79-85-80(52-24-7-2-8-25-52)88-83(87-79)59-47-58(48-60(49-59)91-68-36-17-13-34-65(68)75-71(91)44-41-63-61-32-15-19-38-73(61)93-77(63)75)56-31-21-30-55(46-56)57-40-43-70(67(50-57)84-89-81(53-26-9-3-10-27-53)86-82(90-84)54-28-11-4-12-29-54)92-69-37-18-14-35-66(69)76-72(92)45-42-64-62-33-16-20-39-74(62)94-78(64)76/h1-50H. The fourth-order valence-electron chi connectivity index (χ4n) is 13.9. The van der Waals surface area contributed by atoms with Gasteiger partial charge < -0.3 is 18.0 Å². The molecule has 0 radical (unpaired) electrons. The summed E-state index contributed by atoms with van der Waals surface area (Å²) in [7, 11) is 0. The summed E-state index contributed by atoms with van der Waals surface area (Å²) >= 11 is 0. The second-order valence-electron chi connectivity index (χ2n) is 23.7. The Bertz CT molecular complexity index is 6120. The highest BCUT2D eigenvalue weighted by molar-refractivity contribution is 6.25. The number of rotatable bonds is 10. The zero-order valence-corrected chi connectivity index (χ0v) is 50.3. The summed E-state index contributed by atoms with van der Waals surface area (Å²) in [6, 6.07) is 105. The van der Waals surface area contributed by atoms with Gasteiger partial charge in [0.1, 0.15) is 22.3 Å². The highest BCUT2D eigenvalue weighted by Crippen LogP contribution is 2.46. The molecule has 10 nitrogen and oxygen atoms in total. The summed E-state index contributed by atoms with van der Waals surface area (Å²) in [5.41, 5.74) is 18.4. The molecule has 10 heteroatoms. The molecule has 0 saturated heterocycles. The highest BCUT2D eigenvalue weighted by Gasteiger charge is 2.25. The van der Waals surface area contributed by atoms with Gasteiger partial charge in [-0.1, -0.05) is 218 Å². The number of hydrogen-bond acceptors (Lipinski definition) is 8. The zero-order valence-electron chi connectivity index (χ0n) is 50.3. The van der Waals surface area contributed by atoms with Crippen LogP contribution >= 0.6 is 0 Å². The predicted molar refractivity (Wildman–Crippen MR) is 380 cm³/mol. The Labute approximate surface area is 537 Å². The highest BCUT2D eigenvalue weighted by atomic mass is 16.3. The van der Waals surface area contributed by atoms with Crippen molar-refractivity contribution in [1.29, 1.82) is 0 Å². The predicted octanol–water partition coefficient (Wildman–Crippen LogP) is 21.4. The monoisotopic (exact) mass is 1200 g/mol. The van der Waals surface area contributed by atoms with Crippen LogP contribution < -0.4 is 0 Å². The van der Waals surface area contributed by atoms with Gasteiger partial charge in [-0.05, 0) is 107 Å². The maximum Gasteiger partial charge on any atom is 0.166 e. The lowest BCUT2D eigenvalue weighted by Gasteiger charge is -2.17. The van der Waals surface area contributed by atoms with Crippen LogP contribution in [-0.2, 0) is 0 Å². The van der Waals surface area contributed by atoms with Crippen LogP contribution in [-0.4, -0.2) is 39.0 Å². The van der Waals surface area contributed by atoms with Gasteiger partial charge in [-0.2, -0.15) is 0 Å². The molecule has 0 spiro atoms. The lowest BCUT2D eigenvalue weighted by Crippen LogP contribution is -2.04. The van der Waals surface area contributed by atoms with Crippen LogP contribution in [0.15, 0.2) is 312 Å². The van der Waals surface area contributed by atoms with E-state index in [1.165, 1.54) is 0 Å². The molecule has 0 atom stereocenters. The third-order valence-corrected chi connectivity index (χ3v) is 18.2. The summed E-state index contributed by atoms with van der Waals surface area (Å²) in [6.07, 6.45) is 0. The van der Waals surface area contributed by atoms with E-state index in [4.69, 9.17) is 38.7 Å². The molecule has 0 bridgehead atoms. The first-order chi connectivity index (χ1) is 46.6. The summed E-state index contributed by atoms with van der Waals surface area (Å²) < 4.78 is 18.3. The van der Waals surface area contributed by atoms with Crippen molar-refractivity contribution in [2.24, 2.45) is 0 Å². The van der Waals surface area contributed by atoms with Crippen LogP contribution in [0.5, 0.6) is 0 Å². The Morgan fingerprint density at radius 3 is 1.11 bits per heavy atom. The van der Waals surface area contributed by atoms with Gasteiger partial charge >= 0.3 is 0 Å². The Morgan fingerprint density at radius 1 is 0.223 bits per heavy atom. The maximum absolute atomic E-state index is 6.80. The van der Waals surface area contributed by atoms with E-state index in [1.807, 2.05) is 121 Å². The summed E-state index contributed by atoms with van der Waals surface area (Å²) in [4.78, 5) is 31.8. The van der Waals surface area contributed by atoms with E-state index in [2.05, 4.69) is 191 Å². The normalized spacial score (nSPS) is 11.8. The van der Waals surface area contributed by atoms with E-state index < -0.39 is 0 Å². The topological polar surface area (TPSA) is 113 Å². The SMILES string of the molecule is c1ccc(-c2nc(-c3ccccc3)nc(-c3cc(-c4cccc(-c5ccc(-n6c7ccccc7c7c8oc9ccccc9c8ccc76)c(-c6nc(-c7ccccc7)nc(-c7ccccc7)n6)c5)c4)cc(-n4c5ccccc5c5c6oc7ccccc7c6ccc54)c3)n2)cc1. The molecule has 6 aromatic heterocycles. The maximum atomic E-state index is 6.80. The quantitative estimate of drug-likeness (QED) is 0.133. The fourth-order valence-corrected chi connectivity index (χ4v) is 13.9. The van der Waals surface area contributed by atoms with Crippen molar-refractivity contribution in [1.82, 2.24) is 39.0 Å². The Balaban J connectivity index is 0.844. The lowest BCUT2D eigenvalue weighted by molar-refractivity contribution is 0.672. The molecule has 0 aliphatic heterocycles. The van der Waals surface area contributed by atoms with Crippen molar-refractivity contribution in [3.8, 4) is 102 Å². The van der Waals surface area contributed by atoms with Crippen molar-refractivity contribution in [3.63, 3.8) is 0 Å². The van der Waals surface area contributed by atoms with Gasteiger partial charge in [0.05, 0.1) is 38.5 Å². The van der Waals surface area contributed by atoms with E-state index in [1.54, 1.807) is 0 Å². The molecule has 0 fully saturated rings. The lowest BCUT2D eigenvalue weighted by atomic mass is 9.95. The molecule has 0 N–H and O–H groups in total. The van der Waals surface area contributed by atoms with Gasteiger partial charge in [0.25, 0.3) is 0 Å². The van der Waals surface area contributed by atoms with Crippen molar-refractivity contribution < 1.29 is 8.83 Å². The molecule has 19 rings (SSSR count). The van der Waals surface area contributed by atoms with Crippen LogP contribution in [0.2, 0.25) is 0 Å². The number of aromatic nitrogens is 8. The summed E-state index contributed by atoms with van der Waals surface area (Å²) in [5, 5.41) is 8.54. The Hall–Kier alpha value is -12.9. The van der Waals surface area contributed by atoms with Gasteiger partial charge in [-0.15, -0.1) is 0 Å². The molecule has 0 aliphatic rings. The number of para-hydroxylation sites is 4. The minimum absolute atomic E-state index is 0.530. The minimum Gasteiger partial charge on any atom is -0.455 e. The second kappa shape index (κ2) is 21.4. The molecule has 0 amide bonds. The average Bonchev–Trinajstić information content (AvgIpc) is 1.56. The van der Waals surface area contributed by atoms with Gasteiger partial charge in [-0.25, -0.2) is 29.9 Å². The third kappa shape index (κ3) is 8.65. The van der Waals surface area contributed by atoms with Crippen molar-refractivity contribution in [2.45, 2.75) is 0 Å². The van der Waals surface area contributed by atoms with Gasteiger partial charge in [0.15, 0.2) is 34.9 Å². The molecule has 6 heterocycles. The number of benzene rings is 13. The first-order valence-corrected chi connectivity index (χ1v) is 31.4. The van der Waals surface area contributed by atoms with Crippen LogP contribution in [0, 0.1) is 0 Å². The molecule has 13 aromatic carbocycles. The second-order valence-corrected chi connectivity index (χ2v) is 23.7. The van der Waals surface area contributed by atoms with E-state index in [0.29, 0.717) is 34.9 Å². The number of hydrogen-bond donors (Lipinski definition) is 0. The van der Waals surface area contributed by atoms with Crippen molar-refractivity contribution in [3.05, 3.63) is 303 Å². The van der Waals surface area contributed by atoms with Gasteiger partial charge in [0, 0.05) is 71.4 Å². The van der Waals surface area contributed by atoms with Crippen molar-refractivity contribution in [2.75, 3.05) is 0 Å². The van der Waals surface area contributed by atoms with Gasteiger partial charge in [-0.3, -0.25) is 0 Å². The minimum atomic E-state index is 0.530. The van der Waals surface area contributed by atoms with Crippen molar-refractivity contribution >= 4 is 87.5 Å². The zero-order chi connectivity index (χ0) is 61.8. The largest absolute Gasteiger partial charge is 0.455 e. The number of fused-ring (bicyclic) bond motifs is 14. The molecular formula is C84H50N8O2. The molecule has 0 aliphatic carbocycles. The first kappa shape index (κ1) is 53.0.